The zero-order valence-electron chi connectivity index (χ0n) is 9.67. The Balaban J connectivity index is 2.84. The van der Waals surface area contributed by atoms with E-state index in [2.05, 4.69) is 52.0 Å². The first-order valence-electron chi connectivity index (χ1n) is 5.26. The Hall–Kier alpha value is -0.820. The SMILES string of the molecule is CC(C)c1cccc(CC(C)(C)N)c1. The van der Waals surface area contributed by atoms with E-state index in [1.54, 1.807) is 0 Å². The summed E-state index contributed by atoms with van der Waals surface area (Å²) in [5, 5.41) is 0. The molecular weight excluding hydrogens is 170 g/mol. The van der Waals surface area contributed by atoms with Crippen LogP contribution in [0.5, 0.6) is 0 Å². The molecule has 0 saturated heterocycles. The molecule has 14 heavy (non-hydrogen) atoms. The van der Waals surface area contributed by atoms with Gasteiger partial charge in [0.2, 0.25) is 0 Å². The van der Waals surface area contributed by atoms with Crippen LogP contribution in [0.15, 0.2) is 24.3 Å². The largest absolute Gasteiger partial charge is 0.325 e. The third-order valence-corrected chi connectivity index (χ3v) is 2.28. The maximum atomic E-state index is 5.99. The van der Waals surface area contributed by atoms with Crippen LogP contribution in [0.4, 0.5) is 0 Å². The molecule has 1 nitrogen and oxygen atoms in total. The molecular formula is C13H21N. The Morgan fingerprint density at radius 1 is 1.29 bits per heavy atom. The Morgan fingerprint density at radius 2 is 1.93 bits per heavy atom. The average molecular weight is 191 g/mol. The van der Waals surface area contributed by atoms with Gasteiger partial charge < -0.3 is 5.73 Å². The van der Waals surface area contributed by atoms with Crippen molar-refractivity contribution >= 4 is 0 Å². The lowest BCUT2D eigenvalue weighted by molar-refractivity contribution is 0.516. The molecule has 78 valence electrons. The van der Waals surface area contributed by atoms with Gasteiger partial charge in [0.15, 0.2) is 0 Å². The topological polar surface area (TPSA) is 26.0 Å². The molecule has 0 aliphatic rings. The van der Waals surface area contributed by atoms with E-state index in [0.717, 1.165) is 6.42 Å². The highest BCUT2D eigenvalue weighted by atomic mass is 14.7. The van der Waals surface area contributed by atoms with Crippen molar-refractivity contribution in [3.8, 4) is 0 Å². The average Bonchev–Trinajstić information content (AvgIpc) is 2.01. The first-order valence-corrected chi connectivity index (χ1v) is 5.26. The van der Waals surface area contributed by atoms with Crippen LogP contribution < -0.4 is 5.73 Å². The molecule has 0 aromatic heterocycles. The fraction of sp³-hybridized carbons (Fsp3) is 0.538. The lowest BCUT2D eigenvalue weighted by Gasteiger charge is -2.19. The normalized spacial score (nSPS) is 12.1. The molecule has 0 radical (unpaired) electrons. The number of hydrogen-bond acceptors (Lipinski definition) is 1. The minimum atomic E-state index is -0.115. The molecule has 1 aromatic carbocycles. The zero-order chi connectivity index (χ0) is 10.8. The highest BCUT2D eigenvalue weighted by molar-refractivity contribution is 5.26. The highest BCUT2D eigenvalue weighted by Gasteiger charge is 2.11. The van der Waals surface area contributed by atoms with E-state index < -0.39 is 0 Å². The van der Waals surface area contributed by atoms with Gasteiger partial charge in [-0.3, -0.25) is 0 Å². The number of rotatable bonds is 3. The van der Waals surface area contributed by atoms with Gasteiger partial charge in [0.1, 0.15) is 0 Å². The summed E-state index contributed by atoms with van der Waals surface area (Å²) in [6.45, 7) is 8.56. The smallest absolute Gasteiger partial charge is 0.0138 e. The third-order valence-electron chi connectivity index (χ3n) is 2.28. The monoisotopic (exact) mass is 191 g/mol. The third kappa shape index (κ3) is 3.51. The van der Waals surface area contributed by atoms with Gasteiger partial charge in [-0.15, -0.1) is 0 Å². The quantitative estimate of drug-likeness (QED) is 0.780. The van der Waals surface area contributed by atoms with Crippen molar-refractivity contribution in [2.75, 3.05) is 0 Å². The van der Waals surface area contributed by atoms with Crippen LogP contribution in [0.1, 0.15) is 44.7 Å². The van der Waals surface area contributed by atoms with Crippen LogP contribution in [-0.2, 0) is 6.42 Å². The molecule has 0 bridgehead atoms. The highest BCUT2D eigenvalue weighted by Crippen LogP contribution is 2.18. The van der Waals surface area contributed by atoms with Gasteiger partial charge in [0, 0.05) is 5.54 Å². The fourth-order valence-electron chi connectivity index (χ4n) is 1.59. The summed E-state index contributed by atoms with van der Waals surface area (Å²) in [5.74, 6) is 0.593. The van der Waals surface area contributed by atoms with Gasteiger partial charge in [-0.05, 0) is 37.3 Å². The van der Waals surface area contributed by atoms with Gasteiger partial charge in [0.05, 0.1) is 0 Å². The van der Waals surface area contributed by atoms with Crippen molar-refractivity contribution in [1.29, 1.82) is 0 Å². The molecule has 1 aromatic rings. The van der Waals surface area contributed by atoms with E-state index in [4.69, 9.17) is 5.73 Å². The standard InChI is InChI=1S/C13H21N/c1-10(2)12-7-5-6-11(8-12)9-13(3,4)14/h5-8,10H,9,14H2,1-4H3. The van der Waals surface area contributed by atoms with Crippen LogP contribution >= 0.6 is 0 Å². The Kier molecular flexibility index (Phi) is 3.33. The van der Waals surface area contributed by atoms with Crippen molar-refractivity contribution in [2.45, 2.75) is 45.6 Å². The van der Waals surface area contributed by atoms with E-state index in [0.29, 0.717) is 5.92 Å². The van der Waals surface area contributed by atoms with E-state index in [1.807, 2.05) is 0 Å². The maximum Gasteiger partial charge on any atom is 0.0138 e. The summed E-state index contributed by atoms with van der Waals surface area (Å²) < 4.78 is 0. The molecule has 0 spiro atoms. The van der Waals surface area contributed by atoms with Crippen molar-refractivity contribution in [2.24, 2.45) is 5.73 Å². The molecule has 0 aliphatic carbocycles. The van der Waals surface area contributed by atoms with E-state index >= 15 is 0 Å². The second-order valence-electron chi connectivity index (χ2n) is 5.07. The molecule has 0 fully saturated rings. The van der Waals surface area contributed by atoms with E-state index in [9.17, 15) is 0 Å². The summed E-state index contributed by atoms with van der Waals surface area (Å²) in [4.78, 5) is 0. The molecule has 0 aliphatic heterocycles. The molecule has 1 rings (SSSR count). The van der Waals surface area contributed by atoms with Gasteiger partial charge >= 0.3 is 0 Å². The fourth-order valence-corrected chi connectivity index (χ4v) is 1.59. The minimum absolute atomic E-state index is 0.115. The molecule has 0 heterocycles. The Bertz CT molecular complexity index is 294. The van der Waals surface area contributed by atoms with Crippen molar-refractivity contribution in [3.05, 3.63) is 35.4 Å². The Labute approximate surface area is 87.3 Å². The van der Waals surface area contributed by atoms with Gasteiger partial charge in [-0.1, -0.05) is 38.1 Å². The minimum Gasteiger partial charge on any atom is -0.325 e. The van der Waals surface area contributed by atoms with Crippen LogP contribution in [-0.4, -0.2) is 5.54 Å². The number of benzene rings is 1. The number of nitrogens with two attached hydrogens (primary N) is 1. The number of hydrogen-bond donors (Lipinski definition) is 1. The Morgan fingerprint density at radius 3 is 2.43 bits per heavy atom. The maximum absolute atomic E-state index is 5.99. The predicted octanol–water partition coefficient (Wildman–Crippen LogP) is 3.09. The summed E-state index contributed by atoms with van der Waals surface area (Å²) in [7, 11) is 0. The molecule has 0 saturated carbocycles. The van der Waals surface area contributed by atoms with Gasteiger partial charge in [-0.2, -0.15) is 0 Å². The predicted molar refractivity (Wildman–Crippen MR) is 62.5 cm³/mol. The molecule has 2 N–H and O–H groups in total. The molecule has 0 atom stereocenters. The van der Waals surface area contributed by atoms with Gasteiger partial charge in [0.25, 0.3) is 0 Å². The van der Waals surface area contributed by atoms with Gasteiger partial charge in [-0.25, -0.2) is 0 Å². The summed E-state index contributed by atoms with van der Waals surface area (Å²) in [5.41, 5.74) is 8.61. The van der Waals surface area contributed by atoms with E-state index in [-0.39, 0.29) is 5.54 Å². The van der Waals surface area contributed by atoms with Crippen LogP contribution in [0.2, 0.25) is 0 Å². The molecule has 1 heteroatoms. The first kappa shape index (κ1) is 11.3. The second-order valence-corrected chi connectivity index (χ2v) is 5.07. The summed E-state index contributed by atoms with van der Waals surface area (Å²) >= 11 is 0. The van der Waals surface area contributed by atoms with Crippen LogP contribution in [0, 0.1) is 0 Å². The summed E-state index contributed by atoms with van der Waals surface area (Å²) in [6, 6.07) is 8.72. The first-order chi connectivity index (χ1) is 6.38. The van der Waals surface area contributed by atoms with E-state index in [1.165, 1.54) is 11.1 Å². The second kappa shape index (κ2) is 4.14. The lowest BCUT2D eigenvalue weighted by Crippen LogP contribution is -2.34. The lowest BCUT2D eigenvalue weighted by atomic mass is 9.93. The molecule has 0 unspecified atom stereocenters. The van der Waals surface area contributed by atoms with Crippen LogP contribution in [0.3, 0.4) is 0 Å². The van der Waals surface area contributed by atoms with Crippen LogP contribution in [0.25, 0.3) is 0 Å². The van der Waals surface area contributed by atoms with Crippen molar-refractivity contribution in [3.63, 3.8) is 0 Å². The van der Waals surface area contributed by atoms with Crippen molar-refractivity contribution in [1.82, 2.24) is 0 Å². The van der Waals surface area contributed by atoms with Crippen molar-refractivity contribution < 1.29 is 0 Å². The zero-order valence-corrected chi connectivity index (χ0v) is 9.67. The summed E-state index contributed by atoms with van der Waals surface area (Å²) in [6.07, 6.45) is 0.938. The molecule has 0 amide bonds.